The van der Waals surface area contributed by atoms with Gasteiger partial charge in [0.15, 0.2) is 0 Å². The topological polar surface area (TPSA) is 63.6 Å². The molecule has 0 aliphatic carbocycles. The van der Waals surface area contributed by atoms with E-state index in [1.807, 2.05) is 0 Å². The number of allylic oxidation sites excluding steroid dienone is 1. The molecule has 0 aromatic rings. The Morgan fingerprint density at radius 1 is 0.452 bits per heavy atom. The third kappa shape index (κ3) is 10.5. The third-order valence-corrected chi connectivity index (χ3v) is 7.48. The monoisotopic (exact) mass is 992 g/mol. The standard InChI is InChI=1S/2C14H11F15O2/c1-6(2)7(30)31-5-3-4-8(15,16)9(17,18)10(19,20)11(21,22)12(23,24)13(25,26)14(27,28)29;1-6(7(30)31)4-2-3-5-8(15,16)9(17,18)10(19,20)11(21,22)12(23,24)13(25,26)14(27,28)29/h1,3-5H2,2H3;4H,2-3,5H2,1H3,(H,30,31). The van der Waals surface area contributed by atoms with Crippen molar-refractivity contribution < 1.29 is 151 Å². The minimum Gasteiger partial charge on any atom is -0.478 e. The molecule has 0 amide bonds. The molecule has 4 nitrogen and oxygen atoms in total. The molecule has 0 spiro atoms. The summed E-state index contributed by atoms with van der Waals surface area (Å²) in [5.74, 6) is -96.0. The number of aliphatic carboxylic acids is 1. The smallest absolute Gasteiger partial charge is 0.460 e. The van der Waals surface area contributed by atoms with Crippen LogP contribution in [-0.2, 0) is 14.3 Å². The van der Waals surface area contributed by atoms with Crippen molar-refractivity contribution in [3.8, 4) is 0 Å². The molecule has 0 radical (unpaired) electrons. The Morgan fingerprint density at radius 2 is 0.710 bits per heavy atom. The number of hydrogen-bond acceptors (Lipinski definition) is 3. The molecular formula is C28H22F30O4. The van der Waals surface area contributed by atoms with E-state index in [2.05, 4.69) is 11.3 Å². The number of alkyl halides is 30. The molecule has 0 saturated carbocycles. The van der Waals surface area contributed by atoms with Crippen molar-refractivity contribution in [1.82, 2.24) is 0 Å². The quantitative estimate of drug-likeness (QED) is 0.0571. The highest BCUT2D eigenvalue weighted by molar-refractivity contribution is 5.87. The highest BCUT2D eigenvalue weighted by atomic mass is 19.4. The fourth-order valence-corrected chi connectivity index (χ4v) is 3.62. The van der Waals surface area contributed by atoms with Crippen LogP contribution < -0.4 is 0 Å². The average molecular weight is 992 g/mol. The predicted octanol–water partition coefficient (Wildman–Crippen LogP) is 12.8. The van der Waals surface area contributed by atoms with Gasteiger partial charge in [0.05, 0.1) is 6.61 Å². The average Bonchev–Trinajstić information content (AvgIpc) is 3.06. The van der Waals surface area contributed by atoms with Crippen LogP contribution in [0.15, 0.2) is 23.8 Å². The van der Waals surface area contributed by atoms with Gasteiger partial charge in [-0.25, -0.2) is 9.59 Å². The minimum atomic E-state index is -8.31. The van der Waals surface area contributed by atoms with Crippen LogP contribution in [0.5, 0.6) is 0 Å². The molecule has 0 aliphatic rings. The Morgan fingerprint density at radius 3 is 0.968 bits per heavy atom. The number of carboxylic acids is 1. The normalized spacial score (nSPS) is 15.5. The molecular weight excluding hydrogens is 970 g/mol. The van der Waals surface area contributed by atoms with E-state index in [-0.39, 0.29) is 5.57 Å². The first-order valence-corrected chi connectivity index (χ1v) is 15.1. The van der Waals surface area contributed by atoms with Crippen molar-refractivity contribution in [3.63, 3.8) is 0 Å². The molecule has 0 heterocycles. The maximum atomic E-state index is 13.5. The first-order valence-electron chi connectivity index (χ1n) is 15.1. The van der Waals surface area contributed by atoms with Crippen LogP contribution in [0.3, 0.4) is 0 Å². The van der Waals surface area contributed by atoms with Crippen molar-refractivity contribution in [3.05, 3.63) is 23.8 Å². The van der Waals surface area contributed by atoms with E-state index in [0.29, 0.717) is 6.08 Å². The van der Waals surface area contributed by atoms with Crippen molar-refractivity contribution in [2.75, 3.05) is 6.61 Å². The minimum absolute atomic E-state index is 0.337. The molecule has 0 fully saturated rings. The summed E-state index contributed by atoms with van der Waals surface area (Å²) in [4.78, 5) is 21.3. The van der Waals surface area contributed by atoms with Gasteiger partial charge in [-0.15, -0.1) is 0 Å². The van der Waals surface area contributed by atoms with Crippen LogP contribution in [0.2, 0.25) is 0 Å². The van der Waals surface area contributed by atoms with Crippen LogP contribution in [0.4, 0.5) is 132 Å². The van der Waals surface area contributed by atoms with Gasteiger partial charge in [0.25, 0.3) is 0 Å². The van der Waals surface area contributed by atoms with E-state index in [1.54, 1.807) is 0 Å². The highest BCUT2D eigenvalue weighted by Crippen LogP contribution is 2.64. The van der Waals surface area contributed by atoms with Crippen molar-refractivity contribution in [1.29, 1.82) is 0 Å². The molecule has 0 bridgehead atoms. The second kappa shape index (κ2) is 18.1. The molecule has 1 N–H and O–H groups in total. The number of esters is 1. The first kappa shape index (κ1) is 60.4. The van der Waals surface area contributed by atoms with E-state index < -0.39 is 140 Å². The zero-order valence-corrected chi connectivity index (χ0v) is 29.5. The molecule has 0 unspecified atom stereocenters. The number of carbonyl (C=O) groups excluding carboxylic acids is 1. The number of carbonyl (C=O) groups is 2. The SMILES string of the molecule is C=C(C)C(=O)OCCCC(F)(F)C(F)(F)C(F)(F)C(F)(F)C(F)(F)C(F)(F)C(F)(F)F.CC(=CCCCC(F)(F)C(F)(F)C(F)(F)C(F)(F)C(F)(F)C(F)(F)C(F)(F)F)C(=O)O. The maximum absolute atomic E-state index is 13.5. The Labute approximate surface area is 323 Å². The van der Waals surface area contributed by atoms with Gasteiger partial charge in [-0.3, -0.25) is 0 Å². The van der Waals surface area contributed by atoms with Gasteiger partial charge in [0.2, 0.25) is 0 Å². The van der Waals surface area contributed by atoms with Gasteiger partial charge < -0.3 is 9.84 Å². The van der Waals surface area contributed by atoms with Gasteiger partial charge in [0, 0.05) is 24.0 Å². The third-order valence-electron chi connectivity index (χ3n) is 7.48. The lowest BCUT2D eigenvalue weighted by molar-refractivity contribution is -0.452. The Bertz CT molecular complexity index is 1600. The van der Waals surface area contributed by atoms with Crippen LogP contribution >= 0.6 is 0 Å². The summed E-state index contributed by atoms with van der Waals surface area (Å²) in [6, 6.07) is 0. The van der Waals surface area contributed by atoms with E-state index in [9.17, 15) is 141 Å². The number of rotatable bonds is 20. The van der Waals surface area contributed by atoms with Crippen LogP contribution in [0.1, 0.15) is 46.0 Å². The van der Waals surface area contributed by atoms with Crippen LogP contribution in [-0.4, -0.2) is 107 Å². The summed E-state index contributed by atoms with van der Waals surface area (Å²) >= 11 is 0. The molecule has 0 aliphatic heterocycles. The van der Waals surface area contributed by atoms with Gasteiger partial charge in [-0.2, -0.15) is 132 Å². The van der Waals surface area contributed by atoms with E-state index in [1.165, 1.54) is 0 Å². The Hall–Kier alpha value is -3.68. The van der Waals surface area contributed by atoms with Gasteiger partial charge in [-0.05, 0) is 33.1 Å². The van der Waals surface area contributed by atoms with E-state index in [0.717, 1.165) is 13.8 Å². The summed E-state index contributed by atoms with van der Waals surface area (Å²) in [5.41, 5.74) is -0.878. The van der Waals surface area contributed by atoms with Gasteiger partial charge in [-0.1, -0.05) is 12.7 Å². The van der Waals surface area contributed by atoms with Crippen molar-refractivity contribution in [2.24, 2.45) is 0 Å². The molecule has 34 heteroatoms. The largest absolute Gasteiger partial charge is 0.478 e. The summed E-state index contributed by atoms with van der Waals surface area (Å²) in [6.07, 6.45) is -23.3. The summed E-state index contributed by atoms with van der Waals surface area (Å²) in [5, 5.41) is 8.43. The fraction of sp³-hybridized carbons (Fsp3) is 0.786. The number of halogens is 30. The fourth-order valence-electron chi connectivity index (χ4n) is 3.62. The lowest BCUT2D eigenvalue weighted by atomic mass is 9.89. The second-order valence-electron chi connectivity index (χ2n) is 12.3. The van der Waals surface area contributed by atoms with E-state index in [4.69, 9.17) is 5.11 Å². The van der Waals surface area contributed by atoms with Crippen molar-refractivity contribution in [2.45, 2.75) is 129 Å². The van der Waals surface area contributed by atoms with Crippen LogP contribution in [0.25, 0.3) is 0 Å². The van der Waals surface area contributed by atoms with Crippen LogP contribution in [0, 0.1) is 0 Å². The van der Waals surface area contributed by atoms with Gasteiger partial charge in [0.1, 0.15) is 0 Å². The number of carboxylic acid groups (broad SMARTS) is 1. The lowest BCUT2D eigenvalue weighted by Crippen LogP contribution is -2.72. The Balaban J connectivity index is 0. The number of ether oxygens (including phenoxy) is 1. The summed E-state index contributed by atoms with van der Waals surface area (Å²) in [6.45, 7) is 3.71. The summed E-state index contributed by atoms with van der Waals surface area (Å²) in [7, 11) is 0. The first-order chi connectivity index (χ1) is 26.7. The molecule has 0 rings (SSSR count). The second-order valence-corrected chi connectivity index (χ2v) is 12.3. The lowest BCUT2D eigenvalue weighted by Gasteiger charge is -2.41. The molecule has 368 valence electrons. The molecule has 0 aromatic heterocycles. The number of unbranched alkanes of at least 4 members (excludes halogenated alkanes) is 1. The van der Waals surface area contributed by atoms with Crippen molar-refractivity contribution >= 4 is 11.9 Å². The highest BCUT2D eigenvalue weighted by Gasteiger charge is 2.94. The molecule has 0 atom stereocenters. The molecule has 0 aromatic carbocycles. The molecule has 62 heavy (non-hydrogen) atoms. The van der Waals surface area contributed by atoms with Gasteiger partial charge >= 0.3 is 95.4 Å². The Kier molecular flexibility index (Phi) is 17.6. The van der Waals surface area contributed by atoms with E-state index >= 15 is 0 Å². The molecule has 0 saturated heterocycles. The zero-order chi connectivity index (χ0) is 51.0. The number of hydrogen-bond donors (Lipinski definition) is 1. The zero-order valence-electron chi connectivity index (χ0n) is 29.5. The maximum Gasteiger partial charge on any atom is 0.460 e. The summed E-state index contributed by atoms with van der Waals surface area (Å²) < 4.78 is 392. The predicted molar refractivity (Wildman–Crippen MR) is 142 cm³/mol.